The predicted octanol–water partition coefficient (Wildman–Crippen LogP) is 5.38. The fourth-order valence-corrected chi connectivity index (χ4v) is 5.05. The van der Waals surface area contributed by atoms with Gasteiger partial charge in [0.1, 0.15) is 0 Å². The van der Waals surface area contributed by atoms with Crippen molar-refractivity contribution in [3.8, 4) is 0 Å². The minimum Gasteiger partial charge on any atom is -0.481 e. The second-order valence-corrected chi connectivity index (χ2v) is 9.06. The van der Waals surface area contributed by atoms with Gasteiger partial charge in [-0.3, -0.25) is 4.79 Å². The summed E-state index contributed by atoms with van der Waals surface area (Å²) >= 11 is 0. The number of aliphatic imine (C=N–C) groups is 1. The minimum absolute atomic E-state index is 0.0495. The fraction of sp³-hybridized carbons (Fsp3) is 0.917. The lowest BCUT2D eigenvalue weighted by Gasteiger charge is -2.25. The molecule has 2 atom stereocenters. The molecule has 0 saturated heterocycles. The highest BCUT2D eigenvalue weighted by molar-refractivity contribution is 5.83. The van der Waals surface area contributed by atoms with Crippen LogP contribution in [0.3, 0.4) is 0 Å². The average molecular weight is 424 g/mol. The van der Waals surface area contributed by atoms with Gasteiger partial charge in [0, 0.05) is 25.6 Å². The highest BCUT2D eigenvalue weighted by Gasteiger charge is 2.32. The number of likely N-dealkylation sites (N-methyl/N-ethyl adjacent to an activating group) is 1. The van der Waals surface area contributed by atoms with Crippen LogP contribution < -0.4 is 5.32 Å². The van der Waals surface area contributed by atoms with Crippen LogP contribution in [0, 0.1) is 11.8 Å². The van der Waals surface area contributed by atoms with Crippen molar-refractivity contribution < 1.29 is 14.7 Å². The van der Waals surface area contributed by atoms with Crippen LogP contribution >= 0.6 is 0 Å². The Morgan fingerprint density at radius 3 is 2.40 bits per heavy atom. The van der Waals surface area contributed by atoms with Gasteiger partial charge >= 0.3 is 5.97 Å². The van der Waals surface area contributed by atoms with Crippen molar-refractivity contribution >= 4 is 11.9 Å². The molecule has 0 aromatic carbocycles. The topological polar surface area (TPSA) is 74.2 Å². The molecule has 3 aliphatic rings. The lowest BCUT2D eigenvalue weighted by atomic mass is 9.84. The van der Waals surface area contributed by atoms with Gasteiger partial charge in [-0.05, 0) is 25.2 Å². The molecule has 0 radical (unpaired) electrons. The van der Waals surface area contributed by atoms with Crippen LogP contribution in [0.5, 0.6) is 0 Å². The molecule has 2 fully saturated rings. The van der Waals surface area contributed by atoms with Crippen LogP contribution in [-0.2, 0) is 9.63 Å². The van der Waals surface area contributed by atoms with E-state index in [0.29, 0.717) is 11.9 Å². The second-order valence-electron chi connectivity index (χ2n) is 9.06. The number of carbonyl (C=O) groups is 1. The van der Waals surface area contributed by atoms with Crippen molar-refractivity contribution in [2.75, 3.05) is 13.6 Å². The SMILES string of the molecule is CC.CN1OC([C@H](CCCC2CCCCC2)CC(=O)O)=NC1CNC1CCCCC1. The number of hydroxylamine groups is 2. The molecular formula is C24H45N3O3. The summed E-state index contributed by atoms with van der Waals surface area (Å²) < 4.78 is 0. The van der Waals surface area contributed by atoms with Crippen LogP contribution in [0.25, 0.3) is 0 Å². The standard InChI is InChI=1S/C22H39N3O3.C2H6/c1-25-20(16-23-19-13-6-3-7-14-19)24-22(28-25)18(15-21(26)27)12-8-11-17-9-4-2-5-10-17;1-2/h17-20,23H,2-16H2,1H3,(H,26,27);1-2H3/t18-,20?;/m1./s1. The first kappa shape index (κ1) is 25.1. The van der Waals surface area contributed by atoms with E-state index in [0.717, 1.165) is 25.3 Å². The Bertz CT molecular complexity index is 514. The van der Waals surface area contributed by atoms with Gasteiger partial charge in [0.2, 0.25) is 5.90 Å². The third-order valence-corrected chi connectivity index (χ3v) is 6.79. The maximum Gasteiger partial charge on any atom is 0.304 e. The summed E-state index contributed by atoms with van der Waals surface area (Å²) in [6.07, 6.45) is 16.5. The molecule has 6 heteroatoms. The number of hydrogen-bond donors (Lipinski definition) is 2. The summed E-state index contributed by atoms with van der Waals surface area (Å²) in [6, 6.07) is 0.590. The predicted molar refractivity (Wildman–Crippen MR) is 122 cm³/mol. The number of carboxylic acid groups (broad SMARTS) is 1. The Morgan fingerprint density at radius 2 is 1.77 bits per heavy atom. The molecule has 0 aromatic rings. The van der Waals surface area contributed by atoms with Crippen molar-refractivity contribution in [1.82, 2.24) is 10.4 Å². The Morgan fingerprint density at radius 1 is 1.13 bits per heavy atom. The van der Waals surface area contributed by atoms with Gasteiger partial charge in [0.05, 0.1) is 6.42 Å². The average Bonchev–Trinajstić information content (AvgIpc) is 3.15. The van der Waals surface area contributed by atoms with Crippen LogP contribution in [0.2, 0.25) is 0 Å². The molecule has 0 spiro atoms. The first-order valence-electron chi connectivity index (χ1n) is 12.6. The van der Waals surface area contributed by atoms with Gasteiger partial charge in [0.25, 0.3) is 0 Å². The lowest BCUT2D eigenvalue weighted by Crippen LogP contribution is -2.40. The number of rotatable bonds is 10. The van der Waals surface area contributed by atoms with E-state index < -0.39 is 5.97 Å². The Balaban J connectivity index is 0.00000155. The van der Waals surface area contributed by atoms with Gasteiger partial charge in [-0.25, -0.2) is 4.99 Å². The molecule has 2 N–H and O–H groups in total. The lowest BCUT2D eigenvalue weighted by molar-refractivity contribution is -0.138. The van der Waals surface area contributed by atoms with E-state index in [2.05, 4.69) is 5.32 Å². The van der Waals surface area contributed by atoms with E-state index in [1.807, 2.05) is 20.9 Å². The molecule has 6 nitrogen and oxygen atoms in total. The van der Waals surface area contributed by atoms with Crippen LogP contribution in [0.15, 0.2) is 4.99 Å². The first-order valence-corrected chi connectivity index (χ1v) is 12.6. The minimum atomic E-state index is -0.764. The summed E-state index contributed by atoms with van der Waals surface area (Å²) in [5.41, 5.74) is 0. The molecule has 1 unspecified atom stereocenters. The van der Waals surface area contributed by atoms with Gasteiger partial charge in [-0.2, -0.15) is 0 Å². The molecule has 174 valence electrons. The molecule has 0 aromatic heterocycles. The molecule has 0 amide bonds. The Kier molecular flexibility index (Phi) is 11.7. The van der Waals surface area contributed by atoms with Gasteiger partial charge in [-0.1, -0.05) is 78.1 Å². The Labute approximate surface area is 183 Å². The molecule has 2 saturated carbocycles. The highest BCUT2D eigenvalue weighted by Crippen LogP contribution is 2.30. The maximum atomic E-state index is 11.4. The summed E-state index contributed by atoms with van der Waals surface area (Å²) in [7, 11) is 1.91. The summed E-state index contributed by atoms with van der Waals surface area (Å²) in [6.45, 7) is 4.77. The largest absolute Gasteiger partial charge is 0.481 e. The highest BCUT2D eigenvalue weighted by atomic mass is 16.7. The Hall–Kier alpha value is -1.14. The molecule has 1 heterocycles. The normalized spacial score (nSPS) is 24.5. The quantitative estimate of drug-likeness (QED) is 0.493. The number of carboxylic acids is 1. The zero-order chi connectivity index (χ0) is 21.8. The third-order valence-electron chi connectivity index (χ3n) is 6.79. The number of aliphatic carboxylic acids is 1. The summed E-state index contributed by atoms with van der Waals surface area (Å²) in [5.74, 6) is 0.591. The monoisotopic (exact) mass is 423 g/mol. The zero-order valence-corrected chi connectivity index (χ0v) is 19.6. The van der Waals surface area contributed by atoms with E-state index >= 15 is 0 Å². The van der Waals surface area contributed by atoms with Crippen LogP contribution in [0.1, 0.15) is 104 Å². The molecule has 0 bridgehead atoms. The van der Waals surface area contributed by atoms with Crippen molar-refractivity contribution in [2.45, 2.75) is 116 Å². The number of nitrogens with zero attached hydrogens (tertiary/aromatic N) is 2. The molecule has 1 aliphatic heterocycles. The van der Waals surface area contributed by atoms with Crippen molar-refractivity contribution in [2.24, 2.45) is 16.8 Å². The van der Waals surface area contributed by atoms with E-state index in [1.54, 1.807) is 5.06 Å². The molecule has 30 heavy (non-hydrogen) atoms. The smallest absolute Gasteiger partial charge is 0.304 e. The van der Waals surface area contributed by atoms with E-state index in [9.17, 15) is 9.90 Å². The van der Waals surface area contributed by atoms with Gasteiger partial charge < -0.3 is 15.3 Å². The molecule has 2 aliphatic carbocycles. The maximum absolute atomic E-state index is 11.4. The number of hydrogen-bond acceptors (Lipinski definition) is 5. The van der Waals surface area contributed by atoms with E-state index in [-0.39, 0.29) is 18.5 Å². The zero-order valence-electron chi connectivity index (χ0n) is 19.6. The molecule has 3 rings (SSSR count). The summed E-state index contributed by atoms with van der Waals surface area (Å²) in [5, 5.41) is 14.8. The van der Waals surface area contributed by atoms with Crippen LogP contribution in [0.4, 0.5) is 0 Å². The van der Waals surface area contributed by atoms with Gasteiger partial charge in [-0.15, -0.1) is 5.06 Å². The van der Waals surface area contributed by atoms with Gasteiger partial charge in [0.15, 0.2) is 6.17 Å². The van der Waals surface area contributed by atoms with E-state index in [1.165, 1.54) is 70.6 Å². The van der Waals surface area contributed by atoms with Crippen LogP contribution in [-0.4, -0.2) is 47.8 Å². The van der Waals surface area contributed by atoms with Crippen molar-refractivity contribution in [3.63, 3.8) is 0 Å². The first-order chi connectivity index (χ1) is 14.6. The van der Waals surface area contributed by atoms with E-state index in [4.69, 9.17) is 9.83 Å². The molecular weight excluding hydrogens is 378 g/mol. The van der Waals surface area contributed by atoms with Crippen molar-refractivity contribution in [3.05, 3.63) is 0 Å². The number of nitrogens with one attached hydrogen (secondary N) is 1. The third kappa shape index (κ3) is 8.54. The fourth-order valence-electron chi connectivity index (χ4n) is 5.05. The van der Waals surface area contributed by atoms with Crippen molar-refractivity contribution in [1.29, 1.82) is 0 Å². The summed E-state index contributed by atoms with van der Waals surface area (Å²) in [4.78, 5) is 22.1. The second kappa shape index (κ2) is 14.0.